The van der Waals surface area contributed by atoms with Gasteiger partial charge in [-0.05, 0) is 81.3 Å². The van der Waals surface area contributed by atoms with Crippen LogP contribution in [-0.4, -0.2) is 5.97 Å². The van der Waals surface area contributed by atoms with Crippen LogP contribution in [0.1, 0.15) is 49.7 Å². The van der Waals surface area contributed by atoms with Crippen molar-refractivity contribution in [1.29, 1.82) is 0 Å². The number of rotatable bonds is 5. The van der Waals surface area contributed by atoms with Crippen LogP contribution in [0.25, 0.3) is 0 Å². The van der Waals surface area contributed by atoms with Crippen molar-refractivity contribution in [2.24, 2.45) is 23.2 Å². The van der Waals surface area contributed by atoms with Gasteiger partial charge < -0.3 is 9.94 Å². The van der Waals surface area contributed by atoms with E-state index in [1.807, 2.05) is 86.6 Å². The molecule has 3 aromatic rings. The molecule has 4 nitrogen and oxygen atoms in total. The highest BCUT2D eigenvalue weighted by atomic mass is 16.5. The summed E-state index contributed by atoms with van der Waals surface area (Å²) in [6.45, 7) is 3.89. The Morgan fingerprint density at radius 3 is 1.63 bits per heavy atom. The number of aryl methyl sites for hydroxylation is 2. The summed E-state index contributed by atoms with van der Waals surface area (Å²) in [6, 6.07) is 22.7. The molecule has 3 aromatic carbocycles. The van der Waals surface area contributed by atoms with E-state index in [4.69, 9.17) is 4.74 Å². The zero-order valence-electron chi connectivity index (χ0n) is 20.6. The maximum Gasteiger partial charge on any atom is 0.317 e. The van der Waals surface area contributed by atoms with Gasteiger partial charge in [-0.2, -0.15) is 0 Å². The molecule has 0 N–H and O–H groups in total. The van der Waals surface area contributed by atoms with Crippen molar-refractivity contribution in [3.63, 3.8) is 0 Å². The summed E-state index contributed by atoms with van der Waals surface area (Å²) in [6.07, 6.45) is 6.83. The van der Waals surface area contributed by atoms with E-state index >= 15 is 0 Å². The van der Waals surface area contributed by atoms with Gasteiger partial charge in [-0.25, -0.2) is 0 Å². The smallest absolute Gasteiger partial charge is 0.317 e. The molecular formula is C31H33NO3. The molecule has 4 fully saturated rings. The number of para-hydroxylation sites is 2. The predicted molar refractivity (Wildman–Crippen MR) is 140 cm³/mol. The fourth-order valence-corrected chi connectivity index (χ4v) is 7.55. The van der Waals surface area contributed by atoms with Crippen LogP contribution in [0.2, 0.25) is 0 Å². The van der Waals surface area contributed by atoms with E-state index in [1.54, 1.807) is 0 Å². The summed E-state index contributed by atoms with van der Waals surface area (Å²) < 4.78 is 5.49. The second kappa shape index (κ2) is 8.32. The lowest BCUT2D eigenvalue weighted by Crippen LogP contribution is -2.51. The molecular weight excluding hydrogens is 434 g/mol. The molecule has 0 unspecified atom stereocenters. The molecule has 0 heterocycles. The van der Waals surface area contributed by atoms with E-state index in [0.29, 0.717) is 40.6 Å². The number of carbonyl (C=O) groups is 1. The maximum atomic E-state index is 14.6. The average molecular weight is 468 g/mol. The third-order valence-electron chi connectivity index (χ3n) is 8.71. The largest absolute Gasteiger partial charge is 0.616 e. The Labute approximate surface area is 207 Å². The Kier molecular flexibility index (Phi) is 5.35. The van der Waals surface area contributed by atoms with Crippen molar-refractivity contribution < 1.29 is 9.53 Å². The molecule has 35 heavy (non-hydrogen) atoms. The summed E-state index contributed by atoms with van der Waals surface area (Å²) >= 11 is 0. The summed E-state index contributed by atoms with van der Waals surface area (Å²) in [5.41, 5.74) is 3.21. The first kappa shape index (κ1) is 22.5. The van der Waals surface area contributed by atoms with Crippen LogP contribution >= 0.6 is 0 Å². The number of hydrogen-bond donors (Lipinski definition) is 0. The summed E-state index contributed by atoms with van der Waals surface area (Å²) in [4.78, 5) is 13.6. The highest BCUT2D eigenvalue weighted by molar-refractivity contribution is 5.81. The molecule has 0 radical (unpaired) electrons. The normalized spacial score (nSPS) is 27.1. The fourth-order valence-electron chi connectivity index (χ4n) is 7.55. The van der Waals surface area contributed by atoms with Crippen molar-refractivity contribution in [1.82, 2.24) is 4.65 Å². The Balaban J connectivity index is 1.36. The molecule has 4 heteroatoms. The number of ether oxygens (including phenoxy) is 1. The highest BCUT2D eigenvalue weighted by Gasteiger charge is 2.55. The molecule has 4 bridgehead atoms. The van der Waals surface area contributed by atoms with Crippen LogP contribution in [0.5, 0.6) is 5.75 Å². The second-order valence-electron chi connectivity index (χ2n) is 11.3. The molecule has 0 spiro atoms. The lowest BCUT2D eigenvalue weighted by Gasteiger charge is -2.55. The van der Waals surface area contributed by atoms with Crippen molar-refractivity contribution in [3.8, 4) is 5.75 Å². The van der Waals surface area contributed by atoms with E-state index < -0.39 is 4.65 Å². The molecule has 180 valence electrons. The van der Waals surface area contributed by atoms with Crippen LogP contribution in [0.3, 0.4) is 0 Å². The van der Waals surface area contributed by atoms with Gasteiger partial charge in [0.15, 0.2) is 0 Å². The Hall–Kier alpha value is -2.95. The Bertz CT molecular complexity index is 1150. The van der Waals surface area contributed by atoms with Gasteiger partial charge in [0, 0.05) is 36.4 Å². The van der Waals surface area contributed by atoms with E-state index in [2.05, 4.69) is 0 Å². The number of hydrogen-bond acceptors (Lipinski definition) is 3. The monoisotopic (exact) mass is 467 g/mol. The molecule has 4 saturated carbocycles. The third kappa shape index (κ3) is 3.71. The van der Waals surface area contributed by atoms with Crippen LogP contribution < -0.4 is 9.38 Å². The number of nitrogens with zero attached hydrogens (tertiary/aromatic N) is 1. The predicted octanol–water partition coefficient (Wildman–Crippen LogP) is 7.89. The standard InChI is InChI=1S/C31H33NO3/c1-21-13-28(32(34,26-9-5-3-6-10-26)27-11-7-4-8-12-27)14-22(2)29(21)35-30(33)31-18-23-15-24(19-31)17-25(16-23)20-31/h3-14,23-25H,15-20H2,1-2H3. The maximum absolute atomic E-state index is 14.6. The first-order chi connectivity index (χ1) is 16.9. The highest BCUT2D eigenvalue weighted by Crippen LogP contribution is 2.60. The average Bonchev–Trinajstić information content (AvgIpc) is 2.85. The minimum atomic E-state index is -0.702. The zero-order valence-corrected chi connectivity index (χ0v) is 20.6. The molecule has 0 aliphatic heterocycles. The summed E-state index contributed by atoms with van der Waals surface area (Å²) in [7, 11) is 0. The van der Waals surface area contributed by atoms with Gasteiger partial charge in [-0.1, -0.05) is 36.4 Å². The Morgan fingerprint density at radius 2 is 1.20 bits per heavy atom. The first-order valence-electron chi connectivity index (χ1n) is 12.9. The zero-order chi connectivity index (χ0) is 24.2. The van der Waals surface area contributed by atoms with E-state index in [-0.39, 0.29) is 11.4 Å². The molecule has 4 aliphatic rings. The molecule has 7 rings (SSSR count). The Morgan fingerprint density at radius 1 is 0.771 bits per heavy atom. The molecule has 0 aromatic heterocycles. The summed E-state index contributed by atoms with van der Waals surface area (Å²) in [5, 5.41) is 14.6. The van der Waals surface area contributed by atoms with Crippen molar-refractivity contribution in [2.45, 2.75) is 52.4 Å². The van der Waals surface area contributed by atoms with Gasteiger partial charge in [-0.15, -0.1) is 0 Å². The van der Waals surface area contributed by atoms with Crippen LogP contribution in [0, 0.1) is 42.2 Å². The number of quaternary nitrogens is 1. The van der Waals surface area contributed by atoms with Crippen LogP contribution in [0.15, 0.2) is 72.8 Å². The lowest BCUT2D eigenvalue weighted by molar-refractivity contribution is -0.161. The second-order valence-corrected chi connectivity index (χ2v) is 11.3. The molecule has 4 aliphatic carbocycles. The molecule has 0 atom stereocenters. The fraction of sp³-hybridized carbons (Fsp3) is 0.387. The topological polar surface area (TPSA) is 49.4 Å². The van der Waals surface area contributed by atoms with Crippen LogP contribution in [0.4, 0.5) is 17.1 Å². The van der Waals surface area contributed by atoms with Gasteiger partial charge in [-0.3, -0.25) is 9.44 Å². The minimum Gasteiger partial charge on any atom is -0.616 e. The lowest BCUT2D eigenvalue weighted by atomic mass is 9.49. The van der Waals surface area contributed by atoms with Crippen molar-refractivity contribution >= 4 is 23.0 Å². The van der Waals surface area contributed by atoms with Gasteiger partial charge >= 0.3 is 5.97 Å². The molecule has 0 saturated heterocycles. The first-order valence-corrected chi connectivity index (χ1v) is 12.9. The van der Waals surface area contributed by atoms with Crippen LogP contribution in [-0.2, 0) is 4.79 Å². The third-order valence-corrected chi connectivity index (χ3v) is 8.71. The molecule has 0 amide bonds. The number of benzene rings is 3. The van der Waals surface area contributed by atoms with Crippen molar-refractivity contribution in [2.75, 3.05) is 0 Å². The van der Waals surface area contributed by atoms with Gasteiger partial charge in [0.05, 0.1) is 5.41 Å². The van der Waals surface area contributed by atoms with E-state index in [1.165, 1.54) is 19.3 Å². The number of carbonyl (C=O) groups excluding carboxylic acids is 1. The minimum absolute atomic E-state index is 0.0513. The van der Waals surface area contributed by atoms with E-state index in [9.17, 15) is 10.0 Å². The van der Waals surface area contributed by atoms with Gasteiger partial charge in [0.2, 0.25) is 0 Å². The van der Waals surface area contributed by atoms with Gasteiger partial charge in [0.1, 0.15) is 22.8 Å². The quantitative estimate of drug-likeness (QED) is 0.166. The van der Waals surface area contributed by atoms with Gasteiger partial charge in [0.25, 0.3) is 0 Å². The number of esters is 1. The summed E-state index contributed by atoms with van der Waals surface area (Å²) in [5.74, 6) is 2.63. The van der Waals surface area contributed by atoms with Crippen molar-refractivity contribution in [3.05, 3.63) is 89.1 Å². The SMILES string of the molecule is Cc1cc([N+]([O-])(c2ccccc2)c2ccccc2)cc(C)c1OC(=O)C12CC3CC(CC(C3)C1)C2. The van der Waals surface area contributed by atoms with E-state index in [0.717, 1.165) is 30.4 Å².